The van der Waals surface area contributed by atoms with Gasteiger partial charge in [0.15, 0.2) is 11.5 Å². The molecule has 33 heavy (non-hydrogen) atoms. The third kappa shape index (κ3) is 4.27. The molecule has 3 aromatic carbocycles. The van der Waals surface area contributed by atoms with E-state index in [2.05, 4.69) is 5.32 Å². The standard InChI is InChI=1S/C26H26N2O5/c1-28(2)24(32)17-5-3-16(4-6-17)21-14-20(9-7-18(21)15-29)27-25(33)26(11-12-26)19-8-10-22(30)23(31)13-19/h3-10,13-14,29-31H,11-12,15H2,1-2H3,(H,27,33). The zero-order chi connectivity index (χ0) is 23.8. The lowest BCUT2D eigenvalue weighted by Crippen LogP contribution is -2.27. The zero-order valence-electron chi connectivity index (χ0n) is 18.5. The van der Waals surface area contributed by atoms with Gasteiger partial charge in [-0.05, 0) is 71.5 Å². The number of nitrogens with zero attached hydrogens (tertiary/aromatic N) is 1. The van der Waals surface area contributed by atoms with Crippen LogP contribution in [0.4, 0.5) is 5.69 Å². The van der Waals surface area contributed by atoms with E-state index in [1.165, 1.54) is 17.0 Å². The largest absolute Gasteiger partial charge is 0.504 e. The van der Waals surface area contributed by atoms with E-state index in [1.54, 1.807) is 50.5 Å². The second kappa shape index (κ2) is 8.60. The number of aromatic hydroxyl groups is 2. The van der Waals surface area contributed by atoms with Crippen molar-refractivity contribution in [2.45, 2.75) is 24.9 Å². The topological polar surface area (TPSA) is 110 Å². The van der Waals surface area contributed by atoms with Crippen LogP contribution in [-0.2, 0) is 16.8 Å². The number of anilines is 1. The van der Waals surface area contributed by atoms with Crippen LogP contribution in [0.25, 0.3) is 11.1 Å². The van der Waals surface area contributed by atoms with Crippen molar-refractivity contribution in [1.29, 1.82) is 0 Å². The van der Waals surface area contributed by atoms with Crippen LogP contribution in [0.3, 0.4) is 0 Å². The van der Waals surface area contributed by atoms with Crippen molar-refractivity contribution >= 4 is 17.5 Å². The molecule has 1 saturated carbocycles. The maximum atomic E-state index is 13.1. The summed E-state index contributed by atoms with van der Waals surface area (Å²) in [5.74, 6) is -0.767. The highest BCUT2D eigenvalue weighted by Gasteiger charge is 2.51. The van der Waals surface area contributed by atoms with E-state index in [1.807, 2.05) is 12.1 Å². The number of aliphatic hydroxyl groups is 1. The van der Waals surface area contributed by atoms with Crippen molar-refractivity contribution in [2.24, 2.45) is 0 Å². The fourth-order valence-corrected chi connectivity index (χ4v) is 3.96. The van der Waals surface area contributed by atoms with Crippen molar-refractivity contribution < 1.29 is 24.9 Å². The second-order valence-corrected chi connectivity index (χ2v) is 8.55. The Morgan fingerprint density at radius 1 is 0.939 bits per heavy atom. The lowest BCUT2D eigenvalue weighted by Gasteiger charge is -2.18. The molecule has 0 unspecified atom stereocenters. The average molecular weight is 447 g/mol. The number of carbonyl (C=O) groups excluding carboxylic acids is 2. The molecule has 4 N–H and O–H groups in total. The minimum atomic E-state index is -0.741. The molecule has 2 amide bonds. The number of nitrogens with one attached hydrogen (secondary N) is 1. The summed E-state index contributed by atoms with van der Waals surface area (Å²) in [5, 5.41) is 32.2. The molecule has 0 bridgehead atoms. The van der Waals surface area contributed by atoms with Gasteiger partial charge in [0, 0.05) is 25.3 Å². The molecule has 1 aliphatic carbocycles. The van der Waals surface area contributed by atoms with E-state index in [4.69, 9.17) is 0 Å². The molecular formula is C26H26N2O5. The Kier molecular flexibility index (Phi) is 5.82. The molecule has 0 saturated heterocycles. The first kappa shape index (κ1) is 22.4. The smallest absolute Gasteiger partial charge is 0.253 e. The van der Waals surface area contributed by atoms with Gasteiger partial charge in [0.25, 0.3) is 5.91 Å². The van der Waals surface area contributed by atoms with Gasteiger partial charge >= 0.3 is 0 Å². The summed E-state index contributed by atoms with van der Waals surface area (Å²) in [6.07, 6.45) is 1.29. The van der Waals surface area contributed by atoms with Gasteiger partial charge in [-0.3, -0.25) is 9.59 Å². The van der Waals surface area contributed by atoms with E-state index in [0.29, 0.717) is 35.2 Å². The summed E-state index contributed by atoms with van der Waals surface area (Å²) in [6, 6.07) is 16.9. The van der Waals surface area contributed by atoms with Crippen LogP contribution in [0.2, 0.25) is 0 Å². The lowest BCUT2D eigenvalue weighted by atomic mass is 9.94. The predicted octanol–water partition coefficient (Wildman–Crippen LogP) is 3.63. The molecule has 0 atom stereocenters. The predicted molar refractivity (Wildman–Crippen MR) is 125 cm³/mol. The number of phenols is 2. The quantitative estimate of drug-likeness (QED) is 0.432. The minimum Gasteiger partial charge on any atom is -0.504 e. The van der Waals surface area contributed by atoms with Crippen molar-refractivity contribution in [2.75, 3.05) is 19.4 Å². The van der Waals surface area contributed by atoms with Crippen LogP contribution >= 0.6 is 0 Å². The average Bonchev–Trinajstić information content (AvgIpc) is 3.62. The van der Waals surface area contributed by atoms with Gasteiger partial charge in [-0.25, -0.2) is 0 Å². The van der Waals surface area contributed by atoms with Crippen LogP contribution in [0, 0.1) is 0 Å². The summed E-state index contributed by atoms with van der Waals surface area (Å²) < 4.78 is 0. The fourth-order valence-electron chi connectivity index (χ4n) is 3.96. The third-order valence-corrected chi connectivity index (χ3v) is 6.10. The molecule has 0 spiro atoms. The van der Waals surface area contributed by atoms with Gasteiger partial charge in [0.05, 0.1) is 12.0 Å². The Hall–Kier alpha value is -3.84. The monoisotopic (exact) mass is 446 g/mol. The molecule has 7 heteroatoms. The summed E-state index contributed by atoms with van der Waals surface area (Å²) in [7, 11) is 3.39. The molecule has 1 fully saturated rings. The fraction of sp³-hybridized carbons (Fsp3) is 0.231. The van der Waals surface area contributed by atoms with E-state index in [9.17, 15) is 24.9 Å². The van der Waals surface area contributed by atoms with E-state index in [0.717, 1.165) is 11.1 Å². The Morgan fingerprint density at radius 2 is 1.64 bits per heavy atom. The molecule has 0 heterocycles. The number of benzene rings is 3. The Labute approximate surface area is 191 Å². The summed E-state index contributed by atoms with van der Waals surface area (Å²) in [4.78, 5) is 26.8. The number of phenolic OH excluding ortho intramolecular Hbond substituents is 2. The first-order valence-corrected chi connectivity index (χ1v) is 10.6. The highest BCUT2D eigenvalue weighted by Crippen LogP contribution is 2.50. The maximum Gasteiger partial charge on any atom is 0.253 e. The first-order chi connectivity index (χ1) is 15.7. The van der Waals surface area contributed by atoms with Crippen LogP contribution in [0.5, 0.6) is 11.5 Å². The van der Waals surface area contributed by atoms with E-state index >= 15 is 0 Å². The first-order valence-electron chi connectivity index (χ1n) is 10.6. The van der Waals surface area contributed by atoms with E-state index in [-0.39, 0.29) is 29.9 Å². The van der Waals surface area contributed by atoms with Gasteiger partial charge in [0.2, 0.25) is 5.91 Å². The molecule has 0 radical (unpaired) electrons. The number of aliphatic hydroxyl groups excluding tert-OH is 1. The Morgan fingerprint density at radius 3 is 2.21 bits per heavy atom. The van der Waals surface area contributed by atoms with Crippen molar-refractivity contribution in [1.82, 2.24) is 4.90 Å². The van der Waals surface area contributed by atoms with Gasteiger partial charge in [-0.1, -0.05) is 24.3 Å². The SMILES string of the molecule is CN(C)C(=O)c1ccc(-c2cc(NC(=O)C3(c4ccc(O)c(O)c4)CC3)ccc2CO)cc1. The lowest BCUT2D eigenvalue weighted by molar-refractivity contribution is -0.118. The number of hydrogen-bond donors (Lipinski definition) is 4. The second-order valence-electron chi connectivity index (χ2n) is 8.55. The highest BCUT2D eigenvalue weighted by molar-refractivity contribution is 6.02. The Bertz CT molecular complexity index is 1210. The third-order valence-electron chi connectivity index (χ3n) is 6.10. The minimum absolute atomic E-state index is 0.0973. The maximum absolute atomic E-state index is 13.1. The highest BCUT2D eigenvalue weighted by atomic mass is 16.3. The Balaban J connectivity index is 1.60. The van der Waals surface area contributed by atoms with Gasteiger partial charge in [-0.2, -0.15) is 0 Å². The number of hydrogen-bond acceptors (Lipinski definition) is 5. The molecule has 0 aliphatic heterocycles. The van der Waals surface area contributed by atoms with Crippen LogP contribution in [0.15, 0.2) is 60.7 Å². The van der Waals surface area contributed by atoms with Crippen molar-refractivity contribution in [3.8, 4) is 22.6 Å². The molecule has 1 aliphatic rings. The number of carbonyl (C=O) groups is 2. The van der Waals surface area contributed by atoms with Crippen LogP contribution in [0.1, 0.15) is 34.3 Å². The molecule has 7 nitrogen and oxygen atoms in total. The van der Waals surface area contributed by atoms with Crippen molar-refractivity contribution in [3.63, 3.8) is 0 Å². The van der Waals surface area contributed by atoms with Gasteiger partial charge in [-0.15, -0.1) is 0 Å². The normalized spacial score (nSPS) is 13.9. The summed E-state index contributed by atoms with van der Waals surface area (Å²) in [6.45, 7) is -0.168. The van der Waals surface area contributed by atoms with Gasteiger partial charge in [0.1, 0.15) is 0 Å². The van der Waals surface area contributed by atoms with Crippen molar-refractivity contribution in [3.05, 3.63) is 77.4 Å². The molecule has 4 rings (SSSR count). The van der Waals surface area contributed by atoms with E-state index < -0.39 is 5.41 Å². The summed E-state index contributed by atoms with van der Waals surface area (Å²) >= 11 is 0. The number of rotatable bonds is 6. The molecule has 3 aromatic rings. The molecular weight excluding hydrogens is 420 g/mol. The molecule has 170 valence electrons. The zero-order valence-corrected chi connectivity index (χ0v) is 18.5. The van der Waals surface area contributed by atoms with Gasteiger partial charge < -0.3 is 25.5 Å². The summed E-state index contributed by atoms with van der Waals surface area (Å²) in [5.41, 5.74) is 3.32. The van der Waals surface area contributed by atoms with Crippen LogP contribution < -0.4 is 5.32 Å². The number of amides is 2. The molecule has 0 aromatic heterocycles. The van der Waals surface area contributed by atoms with Crippen LogP contribution in [-0.4, -0.2) is 46.1 Å².